The second kappa shape index (κ2) is 5.33. The third-order valence-electron chi connectivity index (χ3n) is 2.28. The lowest BCUT2D eigenvalue weighted by atomic mass is 10.3. The summed E-state index contributed by atoms with van der Waals surface area (Å²) < 4.78 is 0. The van der Waals surface area contributed by atoms with Crippen molar-refractivity contribution in [3.63, 3.8) is 0 Å². The fourth-order valence-electron chi connectivity index (χ4n) is 1.38. The average molecular weight is 168 g/mol. The van der Waals surface area contributed by atoms with E-state index in [-0.39, 0.29) is 0 Å². The molecule has 0 unspecified atom stereocenters. The highest BCUT2D eigenvalue weighted by molar-refractivity contribution is 4.81. The van der Waals surface area contributed by atoms with Crippen molar-refractivity contribution in [2.24, 2.45) is 5.92 Å². The molecule has 0 aliphatic heterocycles. The van der Waals surface area contributed by atoms with Gasteiger partial charge in [-0.25, -0.2) is 0 Å². The molecule has 0 heterocycles. The predicted molar refractivity (Wildman–Crippen MR) is 53.3 cm³/mol. The summed E-state index contributed by atoms with van der Waals surface area (Å²) in [5, 5.41) is 3.17. The van der Waals surface area contributed by atoms with Crippen LogP contribution in [-0.2, 0) is 0 Å². The SMILES string of the molecule is C=CCN(CCNC)CC1CC1. The summed E-state index contributed by atoms with van der Waals surface area (Å²) in [7, 11) is 2.00. The van der Waals surface area contributed by atoms with E-state index < -0.39 is 0 Å². The topological polar surface area (TPSA) is 15.3 Å². The Morgan fingerprint density at radius 2 is 2.33 bits per heavy atom. The molecule has 0 bridgehead atoms. The maximum Gasteiger partial charge on any atom is 0.0161 e. The molecule has 1 aliphatic carbocycles. The molecule has 0 aromatic carbocycles. The fraction of sp³-hybridized carbons (Fsp3) is 0.800. The average Bonchev–Trinajstić information content (AvgIpc) is 2.84. The van der Waals surface area contributed by atoms with Gasteiger partial charge < -0.3 is 5.32 Å². The van der Waals surface area contributed by atoms with E-state index in [4.69, 9.17) is 0 Å². The first kappa shape index (κ1) is 9.75. The number of likely N-dealkylation sites (N-methyl/N-ethyl adjacent to an activating group) is 1. The van der Waals surface area contributed by atoms with Crippen LogP contribution >= 0.6 is 0 Å². The number of hydrogen-bond acceptors (Lipinski definition) is 2. The lowest BCUT2D eigenvalue weighted by Gasteiger charge is -2.19. The first-order chi connectivity index (χ1) is 5.86. The zero-order chi connectivity index (χ0) is 8.81. The van der Waals surface area contributed by atoms with Gasteiger partial charge in [0.2, 0.25) is 0 Å². The van der Waals surface area contributed by atoms with Crippen LogP contribution in [0.1, 0.15) is 12.8 Å². The van der Waals surface area contributed by atoms with E-state index in [2.05, 4.69) is 16.8 Å². The molecule has 0 saturated heterocycles. The van der Waals surface area contributed by atoms with Gasteiger partial charge in [0, 0.05) is 26.2 Å². The van der Waals surface area contributed by atoms with Crippen molar-refractivity contribution in [1.82, 2.24) is 10.2 Å². The van der Waals surface area contributed by atoms with Gasteiger partial charge in [-0.1, -0.05) is 6.08 Å². The maximum absolute atomic E-state index is 3.77. The highest BCUT2D eigenvalue weighted by Gasteiger charge is 2.23. The number of rotatable bonds is 7. The molecule has 0 atom stereocenters. The Balaban J connectivity index is 2.11. The van der Waals surface area contributed by atoms with Gasteiger partial charge in [0.15, 0.2) is 0 Å². The second-order valence-corrected chi connectivity index (χ2v) is 3.60. The lowest BCUT2D eigenvalue weighted by Crippen LogP contribution is -2.32. The third kappa shape index (κ3) is 3.88. The van der Waals surface area contributed by atoms with Crippen LogP contribution in [0, 0.1) is 5.92 Å². The van der Waals surface area contributed by atoms with Gasteiger partial charge in [0.1, 0.15) is 0 Å². The maximum atomic E-state index is 3.77. The van der Waals surface area contributed by atoms with Gasteiger partial charge in [-0.15, -0.1) is 6.58 Å². The number of nitrogens with zero attached hydrogens (tertiary/aromatic N) is 1. The number of hydrogen-bond donors (Lipinski definition) is 1. The van der Waals surface area contributed by atoms with Crippen LogP contribution < -0.4 is 5.32 Å². The molecule has 0 amide bonds. The van der Waals surface area contributed by atoms with Gasteiger partial charge >= 0.3 is 0 Å². The lowest BCUT2D eigenvalue weighted by molar-refractivity contribution is 0.292. The molecule has 1 saturated carbocycles. The second-order valence-electron chi connectivity index (χ2n) is 3.60. The Bertz CT molecular complexity index is 130. The zero-order valence-electron chi connectivity index (χ0n) is 8.05. The van der Waals surface area contributed by atoms with Crippen LogP contribution in [0.5, 0.6) is 0 Å². The van der Waals surface area contributed by atoms with E-state index in [1.54, 1.807) is 0 Å². The molecule has 70 valence electrons. The molecule has 2 heteroatoms. The van der Waals surface area contributed by atoms with E-state index in [1.165, 1.54) is 19.4 Å². The summed E-state index contributed by atoms with van der Waals surface area (Å²) >= 11 is 0. The first-order valence-electron chi connectivity index (χ1n) is 4.84. The Hall–Kier alpha value is -0.340. The quantitative estimate of drug-likeness (QED) is 0.573. The van der Waals surface area contributed by atoms with Crippen molar-refractivity contribution >= 4 is 0 Å². The van der Waals surface area contributed by atoms with E-state index in [1.807, 2.05) is 13.1 Å². The van der Waals surface area contributed by atoms with Gasteiger partial charge in [0.25, 0.3) is 0 Å². The van der Waals surface area contributed by atoms with Crippen LogP contribution in [0.15, 0.2) is 12.7 Å². The van der Waals surface area contributed by atoms with Gasteiger partial charge in [0.05, 0.1) is 0 Å². The highest BCUT2D eigenvalue weighted by atomic mass is 15.1. The summed E-state index contributed by atoms with van der Waals surface area (Å²) in [6.45, 7) is 8.32. The fourth-order valence-corrected chi connectivity index (χ4v) is 1.38. The normalized spacial score (nSPS) is 16.8. The molecule has 0 spiro atoms. The minimum absolute atomic E-state index is 0.988. The largest absolute Gasteiger partial charge is 0.318 e. The molecule has 1 fully saturated rings. The van der Waals surface area contributed by atoms with Crippen molar-refractivity contribution in [2.45, 2.75) is 12.8 Å². The van der Waals surface area contributed by atoms with Gasteiger partial charge in [-0.05, 0) is 25.8 Å². The van der Waals surface area contributed by atoms with E-state index >= 15 is 0 Å². The van der Waals surface area contributed by atoms with Crippen LogP contribution in [0.2, 0.25) is 0 Å². The minimum atomic E-state index is 0.988. The van der Waals surface area contributed by atoms with E-state index in [9.17, 15) is 0 Å². The Kier molecular flexibility index (Phi) is 4.33. The smallest absolute Gasteiger partial charge is 0.0161 e. The molecule has 1 aliphatic rings. The van der Waals surface area contributed by atoms with Crippen LogP contribution in [0.3, 0.4) is 0 Å². The number of nitrogens with one attached hydrogen (secondary N) is 1. The van der Waals surface area contributed by atoms with E-state index in [0.717, 1.165) is 25.6 Å². The molecule has 1 rings (SSSR count). The summed E-state index contributed by atoms with van der Waals surface area (Å²) in [6, 6.07) is 0. The van der Waals surface area contributed by atoms with Crippen molar-refractivity contribution in [2.75, 3.05) is 33.2 Å². The molecular weight excluding hydrogens is 148 g/mol. The van der Waals surface area contributed by atoms with Crippen LogP contribution in [0.25, 0.3) is 0 Å². The molecular formula is C10H20N2. The molecule has 2 nitrogen and oxygen atoms in total. The molecule has 1 N–H and O–H groups in total. The predicted octanol–water partition coefficient (Wildman–Crippen LogP) is 1.10. The van der Waals surface area contributed by atoms with Crippen LogP contribution in [-0.4, -0.2) is 38.1 Å². The summed E-state index contributed by atoms with van der Waals surface area (Å²) in [5.41, 5.74) is 0. The molecule has 0 radical (unpaired) electrons. The molecule has 12 heavy (non-hydrogen) atoms. The van der Waals surface area contributed by atoms with Crippen molar-refractivity contribution < 1.29 is 0 Å². The van der Waals surface area contributed by atoms with Crippen LogP contribution in [0.4, 0.5) is 0 Å². The minimum Gasteiger partial charge on any atom is -0.318 e. The first-order valence-corrected chi connectivity index (χ1v) is 4.84. The van der Waals surface area contributed by atoms with Crippen molar-refractivity contribution in [3.8, 4) is 0 Å². The zero-order valence-corrected chi connectivity index (χ0v) is 8.05. The summed E-state index contributed by atoms with van der Waals surface area (Å²) in [6.07, 6.45) is 4.87. The third-order valence-corrected chi connectivity index (χ3v) is 2.28. The Morgan fingerprint density at radius 3 is 2.83 bits per heavy atom. The van der Waals surface area contributed by atoms with Crippen molar-refractivity contribution in [1.29, 1.82) is 0 Å². The molecule has 0 aromatic rings. The van der Waals surface area contributed by atoms with Crippen molar-refractivity contribution in [3.05, 3.63) is 12.7 Å². The van der Waals surface area contributed by atoms with Gasteiger partial charge in [-0.3, -0.25) is 4.90 Å². The monoisotopic (exact) mass is 168 g/mol. The molecule has 0 aromatic heterocycles. The highest BCUT2D eigenvalue weighted by Crippen LogP contribution is 2.29. The van der Waals surface area contributed by atoms with Gasteiger partial charge in [-0.2, -0.15) is 0 Å². The Labute approximate surface area is 75.6 Å². The summed E-state index contributed by atoms with van der Waals surface area (Å²) in [5.74, 6) is 0.988. The van der Waals surface area contributed by atoms with E-state index in [0.29, 0.717) is 0 Å². The summed E-state index contributed by atoms with van der Waals surface area (Å²) in [4.78, 5) is 2.47. The standard InChI is InChI=1S/C10H20N2/c1-3-7-12(8-6-11-2)9-10-4-5-10/h3,10-11H,1,4-9H2,2H3. The Morgan fingerprint density at radius 1 is 1.58 bits per heavy atom.